The molecule has 2 rings (SSSR count). The number of ether oxygens (including phenoxy) is 1. The molecule has 0 aromatic heterocycles. The minimum absolute atomic E-state index is 0.760. The summed E-state index contributed by atoms with van der Waals surface area (Å²) in [6.07, 6.45) is 2.19. The Kier molecular flexibility index (Phi) is 3.11. The van der Waals surface area contributed by atoms with E-state index in [4.69, 9.17) is 10.5 Å². The molecule has 0 radical (unpaired) electrons. The summed E-state index contributed by atoms with van der Waals surface area (Å²) in [5.41, 5.74) is 8.28. The van der Waals surface area contributed by atoms with E-state index in [1.54, 1.807) is 7.11 Å². The SMILES string of the molecule is COc1ccc2c(c1)N(CCCN)CC2. The van der Waals surface area contributed by atoms with Crippen LogP contribution in [0.1, 0.15) is 12.0 Å². The Morgan fingerprint density at radius 3 is 3.07 bits per heavy atom. The number of rotatable bonds is 4. The topological polar surface area (TPSA) is 38.5 Å². The van der Waals surface area contributed by atoms with Crippen molar-refractivity contribution in [1.29, 1.82) is 0 Å². The van der Waals surface area contributed by atoms with Crippen LogP contribution in [0.5, 0.6) is 5.75 Å². The van der Waals surface area contributed by atoms with Gasteiger partial charge in [-0.3, -0.25) is 0 Å². The molecular formula is C12H18N2O. The molecule has 1 heterocycles. The molecule has 3 heteroatoms. The van der Waals surface area contributed by atoms with Gasteiger partial charge in [0, 0.05) is 24.8 Å². The number of fused-ring (bicyclic) bond motifs is 1. The minimum atomic E-state index is 0.760. The second kappa shape index (κ2) is 4.53. The van der Waals surface area contributed by atoms with E-state index >= 15 is 0 Å². The molecule has 1 aromatic carbocycles. The highest BCUT2D eigenvalue weighted by molar-refractivity contribution is 5.60. The van der Waals surface area contributed by atoms with Crippen LogP contribution in [0.3, 0.4) is 0 Å². The largest absolute Gasteiger partial charge is 0.497 e. The Labute approximate surface area is 90.8 Å². The lowest BCUT2D eigenvalue weighted by Crippen LogP contribution is -2.23. The average molecular weight is 206 g/mol. The van der Waals surface area contributed by atoms with E-state index < -0.39 is 0 Å². The summed E-state index contributed by atoms with van der Waals surface area (Å²) < 4.78 is 5.24. The van der Waals surface area contributed by atoms with E-state index in [-0.39, 0.29) is 0 Å². The molecule has 0 amide bonds. The Balaban J connectivity index is 2.16. The number of hydrogen-bond donors (Lipinski definition) is 1. The Morgan fingerprint density at radius 2 is 2.33 bits per heavy atom. The fourth-order valence-electron chi connectivity index (χ4n) is 2.07. The van der Waals surface area contributed by atoms with E-state index in [9.17, 15) is 0 Å². The molecule has 0 fully saturated rings. The number of hydrogen-bond acceptors (Lipinski definition) is 3. The summed E-state index contributed by atoms with van der Waals surface area (Å²) in [7, 11) is 1.71. The lowest BCUT2D eigenvalue weighted by molar-refractivity contribution is 0.415. The smallest absolute Gasteiger partial charge is 0.120 e. The quantitative estimate of drug-likeness (QED) is 0.809. The second-order valence-corrected chi connectivity index (χ2v) is 3.87. The van der Waals surface area contributed by atoms with E-state index in [1.165, 1.54) is 11.3 Å². The van der Waals surface area contributed by atoms with Gasteiger partial charge in [-0.05, 0) is 31.0 Å². The van der Waals surface area contributed by atoms with E-state index in [2.05, 4.69) is 17.0 Å². The Bertz CT molecular complexity index is 338. The fraction of sp³-hybridized carbons (Fsp3) is 0.500. The molecule has 82 valence electrons. The maximum Gasteiger partial charge on any atom is 0.120 e. The first-order valence-corrected chi connectivity index (χ1v) is 5.47. The van der Waals surface area contributed by atoms with Gasteiger partial charge in [0.25, 0.3) is 0 Å². The van der Waals surface area contributed by atoms with Gasteiger partial charge in [0.2, 0.25) is 0 Å². The molecule has 0 unspecified atom stereocenters. The van der Waals surface area contributed by atoms with Gasteiger partial charge >= 0.3 is 0 Å². The lowest BCUT2D eigenvalue weighted by atomic mass is 10.1. The normalized spacial score (nSPS) is 14.1. The zero-order valence-corrected chi connectivity index (χ0v) is 9.20. The van der Waals surface area contributed by atoms with Crippen LogP contribution in [0.25, 0.3) is 0 Å². The second-order valence-electron chi connectivity index (χ2n) is 3.87. The van der Waals surface area contributed by atoms with Gasteiger partial charge in [-0.1, -0.05) is 6.07 Å². The number of methoxy groups -OCH3 is 1. The molecule has 0 saturated carbocycles. The highest BCUT2D eigenvalue weighted by Crippen LogP contribution is 2.31. The van der Waals surface area contributed by atoms with Gasteiger partial charge in [-0.25, -0.2) is 0 Å². The van der Waals surface area contributed by atoms with E-state index in [0.717, 1.165) is 38.2 Å². The Morgan fingerprint density at radius 1 is 1.47 bits per heavy atom. The monoisotopic (exact) mass is 206 g/mol. The van der Waals surface area contributed by atoms with Gasteiger partial charge in [0.1, 0.15) is 5.75 Å². The van der Waals surface area contributed by atoms with Crippen LogP contribution in [0.4, 0.5) is 5.69 Å². The summed E-state index contributed by atoms with van der Waals surface area (Å²) in [5.74, 6) is 0.938. The number of nitrogens with two attached hydrogens (primary N) is 1. The summed E-state index contributed by atoms with van der Waals surface area (Å²) in [6, 6.07) is 6.32. The van der Waals surface area contributed by atoms with Crippen LogP contribution >= 0.6 is 0 Å². The van der Waals surface area contributed by atoms with Gasteiger partial charge in [-0.2, -0.15) is 0 Å². The zero-order chi connectivity index (χ0) is 10.7. The molecular weight excluding hydrogens is 188 g/mol. The van der Waals surface area contributed by atoms with Crippen LogP contribution in [0.15, 0.2) is 18.2 Å². The van der Waals surface area contributed by atoms with Crippen molar-refractivity contribution in [3.8, 4) is 5.75 Å². The van der Waals surface area contributed by atoms with Crippen LogP contribution in [0, 0.1) is 0 Å². The summed E-state index contributed by atoms with van der Waals surface area (Å²) in [6.45, 7) is 2.93. The first kappa shape index (κ1) is 10.3. The van der Waals surface area contributed by atoms with Gasteiger partial charge in [0.05, 0.1) is 7.11 Å². The standard InChI is InChI=1S/C12H18N2O/c1-15-11-4-3-10-5-8-14(7-2-6-13)12(10)9-11/h3-4,9H,2,5-8,13H2,1H3. The highest BCUT2D eigenvalue weighted by Gasteiger charge is 2.18. The van der Waals surface area contributed by atoms with E-state index in [0.29, 0.717) is 0 Å². The minimum Gasteiger partial charge on any atom is -0.497 e. The molecule has 2 N–H and O–H groups in total. The van der Waals surface area contributed by atoms with Crippen molar-refractivity contribution in [1.82, 2.24) is 0 Å². The Hall–Kier alpha value is -1.22. The molecule has 1 aliphatic rings. The fourth-order valence-corrected chi connectivity index (χ4v) is 2.07. The van der Waals surface area contributed by atoms with Gasteiger partial charge in [-0.15, -0.1) is 0 Å². The molecule has 0 saturated heterocycles. The van der Waals surface area contributed by atoms with Crippen molar-refractivity contribution in [2.45, 2.75) is 12.8 Å². The first-order chi connectivity index (χ1) is 7.35. The molecule has 1 aromatic rings. The summed E-state index contributed by atoms with van der Waals surface area (Å²) in [5, 5.41) is 0. The highest BCUT2D eigenvalue weighted by atomic mass is 16.5. The van der Waals surface area contributed by atoms with E-state index in [1.807, 2.05) is 6.07 Å². The maximum atomic E-state index is 5.53. The molecule has 0 spiro atoms. The molecule has 1 aliphatic heterocycles. The number of benzene rings is 1. The lowest BCUT2D eigenvalue weighted by Gasteiger charge is -2.19. The van der Waals surface area contributed by atoms with Crippen LogP contribution < -0.4 is 15.4 Å². The van der Waals surface area contributed by atoms with Crippen LogP contribution in [-0.4, -0.2) is 26.7 Å². The predicted octanol–water partition coefficient (Wildman–Crippen LogP) is 1.41. The van der Waals surface area contributed by atoms with Crippen LogP contribution in [0.2, 0.25) is 0 Å². The predicted molar refractivity (Wildman–Crippen MR) is 62.6 cm³/mol. The van der Waals surface area contributed by atoms with Crippen molar-refractivity contribution in [3.63, 3.8) is 0 Å². The van der Waals surface area contributed by atoms with Crippen molar-refractivity contribution >= 4 is 5.69 Å². The number of nitrogens with zero attached hydrogens (tertiary/aromatic N) is 1. The summed E-state index contributed by atoms with van der Waals surface area (Å²) in [4.78, 5) is 2.39. The maximum absolute atomic E-state index is 5.53. The third-order valence-electron chi connectivity index (χ3n) is 2.92. The third-order valence-corrected chi connectivity index (χ3v) is 2.92. The third kappa shape index (κ3) is 2.07. The zero-order valence-electron chi connectivity index (χ0n) is 9.20. The molecule has 15 heavy (non-hydrogen) atoms. The van der Waals surface area contributed by atoms with Crippen molar-refractivity contribution < 1.29 is 4.74 Å². The molecule has 0 aliphatic carbocycles. The molecule has 0 atom stereocenters. The first-order valence-electron chi connectivity index (χ1n) is 5.47. The average Bonchev–Trinajstić information content (AvgIpc) is 2.68. The van der Waals surface area contributed by atoms with Crippen molar-refractivity contribution in [2.24, 2.45) is 5.73 Å². The van der Waals surface area contributed by atoms with Crippen molar-refractivity contribution in [2.75, 3.05) is 31.6 Å². The van der Waals surface area contributed by atoms with Crippen LogP contribution in [-0.2, 0) is 6.42 Å². The van der Waals surface area contributed by atoms with Gasteiger partial charge < -0.3 is 15.4 Å². The van der Waals surface area contributed by atoms with Gasteiger partial charge in [0.15, 0.2) is 0 Å². The number of anilines is 1. The van der Waals surface area contributed by atoms with Crippen molar-refractivity contribution in [3.05, 3.63) is 23.8 Å². The molecule has 3 nitrogen and oxygen atoms in total. The summed E-state index contributed by atoms with van der Waals surface area (Å²) >= 11 is 0. The molecule has 0 bridgehead atoms.